The normalized spacial score (nSPS) is 16.4. The number of alkyl carbamates (subject to hydrolysis) is 1. The van der Waals surface area contributed by atoms with Crippen LogP contribution in [0, 0.1) is 13.8 Å². The lowest BCUT2D eigenvalue weighted by Gasteiger charge is -2.38. The Bertz CT molecular complexity index is 752. The molecule has 7 nitrogen and oxygen atoms in total. The molecule has 1 aliphatic carbocycles. The first kappa shape index (κ1) is 22.0. The molecule has 1 fully saturated rings. The minimum atomic E-state index is -0.578. The number of H-pyrrole nitrogens is 1. The molecule has 0 aliphatic heterocycles. The van der Waals surface area contributed by atoms with Crippen LogP contribution in [0.25, 0.3) is 0 Å². The SMILES string of the molecule is CC(=O)c1c(C)[nH]c(C(=O)NCC2(NC(=O)OC(C)(C)C)CCCCC2)c1C. The summed E-state index contributed by atoms with van der Waals surface area (Å²) in [6, 6.07) is 0. The molecule has 0 atom stereocenters. The molecule has 0 aromatic carbocycles. The summed E-state index contributed by atoms with van der Waals surface area (Å²) in [5.74, 6) is -0.343. The molecule has 156 valence electrons. The molecule has 0 spiro atoms. The van der Waals surface area contributed by atoms with Crippen molar-refractivity contribution in [3.63, 3.8) is 0 Å². The Kier molecular flexibility index (Phi) is 6.57. The van der Waals surface area contributed by atoms with Crippen molar-refractivity contribution >= 4 is 17.8 Å². The molecule has 1 aromatic rings. The molecule has 1 aliphatic rings. The average Bonchev–Trinajstić information content (AvgIpc) is 2.86. The number of carbonyl (C=O) groups excluding carboxylic acids is 3. The van der Waals surface area contributed by atoms with Crippen molar-refractivity contribution in [1.82, 2.24) is 15.6 Å². The second-order valence-corrected chi connectivity index (χ2v) is 8.83. The largest absolute Gasteiger partial charge is 0.444 e. The van der Waals surface area contributed by atoms with E-state index in [1.54, 1.807) is 13.8 Å². The highest BCUT2D eigenvalue weighted by Gasteiger charge is 2.36. The highest BCUT2D eigenvalue weighted by atomic mass is 16.6. The van der Waals surface area contributed by atoms with E-state index in [-0.39, 0.29) is 11.7 Å². The molecule has 0 saturated heterocycles. The Labute approximate surface area is 167 Å². The maximum Gasteiger partial charge on any atom is 0.408 e. The van der Waals surface area contributed by atoms with E-state index in [0.29, 0.717) is 29.1 Å². The molecule has 1 aromatic heterocycles. The van der Waals surface area contributed by atoms with E-state index in [2.05, 4.69) is 15.6 Å². The molecule has 0 bridgehead atoms. The van der Waals surface area contributed by atoms with E-state index in [0.717, 1.165) is 32.1 Å². The first-order chi connectivity index (χ1) is 12.9. The molecule has 28 heavy (non-hydrogen) atoms. The summed E-state index contributed by atoms with van der Waals surface area (Å²) in [6.07, 6.45) is 4.20. The number of aromatic amines is 1. The van der Waals surface area contributed by atoms with Gasteiger partial charge in [-0.1, -0.05) is 19.3 Å². The van der Waals surface area contributed by atoms with E-state index >= 15 is 0 Å². The molecule has 3 N–H and O–H groups in total. The lowest BCUT2D eigenvalue weighted by atomic mass is 9.81. The van der Waals surface area contributed by atoms with Gasteiger partial charge in [-0.3, -0.25) is 9.59 Å². The highest BCUT2D eigenvalue weighted by molar-refractivity contribution is 6.02. The van der Waals surface area contributed by atoms with Crippen LogP contribution in [0.2, 0.25) is 0 Å². The van der Waals surface area contributed by atoms with Crippen molar-refractivity contribution in [2.75, 3.05) is 6.54 Å². The van der Waals surface area contributed by atoms with E-state index in [1.807, 2.05) is 20.8 Å². The van der Waals surface area contributed by atoms with Crippen LogP contribution in [0.5, 0.6) is 0 Å². The number of ketones is 1. The smallest absolute Gasteiger partial charge is 0.408 e. The van der Waals surface area contributed by atoms with Gasteiger partial charge >= 0.3 is 6.09 Å². The molecular formula is C21H33N3O4. The zero-order valence-electron chi connectivity index (χ0n) is 17.9. The van der Waals surface area contributed by atoms with Crippen LogP contribution in [0.4, 0.5) is 4.79 Å². The Hall–Kier alpha value is -2.31. The van der Waals surface area contributed by atoms with Crippen LogP contribution in [0.15, 0.2) is 0 Å². The van der Waals surface area contributed by atoms with Crippen LogP contribution < -0.4 is 10.6 Å². The van der Waals surface area contributed by atoms with Crippen LogP contribution in [-0.4, -0.2) is 40.5 Å². The van der Waals surface area contributed by atoms with Crippen LogP contribution in [0.1, 0.15) is 91.9 Å². The molecule has 2 amide bonds. The quantitative estimate of drug-likeness (QED) is 0.665. The van der Waals surface area contributed by atoms with Crippen molar-refractivity contribution in [3.05, 3.63) is 22.5 Å². The molecule has 0 radical (unpaired) electrons. The predicted molar refractivity (Wildman–Crippen MR) is 108 cm³/mol. The third-order valence-corrected chi connectivity index (χ3v) is 5.18. The minimum Gasteiger partial charge on any atom is -0.444 e. The Morgan fingerprint density at radius 3 is 2.21 bits per heavy atom. The summed E-state index contributed by atoms with van der Waals surface area (Å²) in [5.41, 5.74) is 1.20. The maximum absolute atomic E-state index is 12.8. The molecule has 1 saturated carbocycles. The van der Waals surface area contributed by atoms with Gasteiger partial charge in [-0.2, -0.15) is 0 Å². The number of aryl methyl sites for hydroxylation is 1. The fraction of sp³-hybridized carbons (Fsp3) is 0.667. The van der Waals surface area contributed by atoms with Crippen molar-refractivity contribution in [2.45, 2.75) is 84.8 Å². The number of rotatable bonds is 5. The van der Waals surface area contributed by atoms with E-state index in [1.165, 1.54) is 6.92 Å². The summed E-state index contributed by atoms with van der Waals surface area (Å²) in [6.45, 7) is 10.8. The molecule has 0 unspecified atom stereocenters. The first-order valence-corrected chi connectivity index (χ1v) is 9.93. The Morgan fingerprint density at radius 2 is 1.71 bits per heavy atom. The summed E-state index contributed by atoms with van der Waals surface area (Å²) in [4.78, 5) is 39.9. The van der Waals surface area contributed by atoms with Crippen molar-refractivity contribution in [2.24, 2.45) is 0 Å². The van der Waals surface area contributed by atoms with E-state index in [9.17, 15) is 14.4 Å². The number of aromatic nitrogens is 1. The molecular weight excluding hydrogens is 358 g/mol. The maximum atomic E-state index is 12.8. The Balaban J connectivity index is 2.11. The lowest BCUT2D eigenvalue weighted by Crippen LogP contribution is -2.57. The van der Waals surface area contributed by atoms with Crippen molar-refractivity contribution < 1.29 is 19.1 Å². The zero-order valence-corrected chi connectivity index (χ0v) is 17.9. The summed E-state index contributed by atoms with van der Waals surface area (Å²) in [7, 11) is 0. The van der Waals surface area contributed by atoms with Gasteiger partial charge in [0, 0.05) is 17.8 Å². The van der Waals surface area contributed by atoms with Gasteiger partial charge < -0.3 is 20.4 Å². The number of amides is 2. The zero-order chi connectivity index (χ0) is 21.1. The van der Waals surface area contributed by atoms with Crippen LogP contribution in [0.3, 0.4) is 0 Å². The van der Waals surface area contributed by atoms with Crippen LogP contribution >= 0.6 is 0 Å². The standard InChI is InChI=1S/C21H33N3O4/c1-13-16(15(3)25)14(2)23-17(13)18(26)22-12-21(10-8-7-9-11-21)24-19(27)28-20(4,5)6/h23H,7-12H2,1-6H3,(H,22,26)(H,24,27). The van der Waals surface area contributed by atoms with Gasteiger partial charge in [-0.25, -0.2) is 4.79 Å². The predicted octanol–water partition coefficient (Wildman–Crippen LogP) is 3.79. The highest BCUT2D eigenvalue weighted by Crippen LogP contribution is 2.28. The number of hydrogen-bond acceptors (Lipinski definition) is 4. The molecule has 1 heterocycles. The topological polar surface area (TPSA) is 100 Å². The third-order valence-electron chi connectivity index (χ3n) is 5.18. The minimum absolute atomic E-state index is 0.0688. The summed E-state index contributed by atoms with van der Waals surface area (Å²) >= 11 is 0. The second-order valence-electron chi connectivity index (χ2n) is 8.83. The summed E-state index contributed by atoms with van der Waals surface area (Å²) < 4.78 is 5.42. The van der Waals surface area contributed by atoms with Gasteiger partial charge in [-0.15, -0.1) is 0 Å². The number of ether oxygens (including phenoxy) is 1. The van der Waals surface area contributed by atoms with Gasteiger partial charge in [0.15, 0.2) is 5.78 Å². The van der Waals surface area contributed by atoms with Crippen molar-refractivity contribution in [3.8, 4) is 0 Å². The fourth-order valence-electron chi connectivity index (χ4n) is 3.94. The van der Waals surface area contributed by atoms with Gasteiger partial charge in [0.05, 0.1) is 5.54 Å². The van der Waals surface area contributed by atoms with Gasteiger partial charge in [-0.05, 0) is 59.9 Å². The first-order valence-electron chi connectivity index (χ1n) is 9.93. The van der Waals surface area contributed by atoms with Gasteiger partial charge in [0.1, 0.15) is 11.3 Å². The van der Waals surface area contributed by atoms with Crippen LogP contribution in [-0.2, 0) is 4.74 Å². The van der Waals surface area contributed by atoms with E-state index < -0.39 is 17.2 Å². The summed E-state index contributed by atoms with van der Waals surface area (Å²) in [5, 5.41) is 5.95. The number of Topliss-reactive ketones (excluding diaryl/α,β-unsaturated/α-hetero) is 1. The second kappa shape index (κ2) is 8.37. The Morgan fingerprint density at radius 1 is 1.11 bits per heavy atom. The number of nitrogens with one attached hydrogen (secondary N) is 3. The van der Waals surface area contributed by atoms with Crippen molar-refractivity contribution in [1.29, 1.82) is 0 Å². The van der Waals surface area contributed by atoms with Gasteiger partial charge in [0.25, 0.3) is 5.91 Å². The number of hydrogen-bond donors (Lipinski definition) is 3. The number of carbonyl (C=O) groups is 3. The fourth-order valence-corrected chi connectivity index (χ4v) is 3.94. The lowest BCUT2D eigenvalue weighted by molar-refractivity contribution is 0.0419. The molecule has 2 rings (SSSR count). The molecule has 7 heteroatoms. The monoisotopic (exact) mass is 391 g/mol. The van der Waals surface area contributed by atoms with E-state index in [4.69, 9.17) is 4.74 Å². The third kappa shape index (κ3) is 5.36. The van der Waals surface area contributed by atoms with Gasteiger partial charge in [0.2, 0.25) is 0 Å². The average molecular weight is 392 g/mol.